The number of benzene rings is 1. The van der Waals surface area contributed by atoms with Crippen LogP contribution in [0.3, 0.4) is 0 Å². The van der Waals surface area contributed by atoms with Crippen molar-refractivity contribution in [2.24, 2.45) is 0 Å². The Morgan fingerprint density at radius 3 is 2.74 bits per heavy atom. The summed E-state index contributed by atoms with van der Waals surface area (Å²) in [6.45, 7) is 3.05. The van der Waals surface area contributed by atoms with Crippen LogP contribution in [0, 0.1) is 12.7 Å². The summed E-state index contributed by atoms with van der Waals surface area (Å²) in [5, 5.41) is 2.89. The molecule has 1 amide bonds. The third-order valence-electron chi connectivity index (χ3n) is 5.13. The van der Waals surface area contributed by atoms with E-state index in [0.29, 0.717) is 17.9 Å². The summed E-state index contributed by atoms with van der Waals surface area (Å²) in [6.07, 6.45) is 5.25. The molecule has 0 aliphatic carbocycles. The molecule has 31 heavy (non-hydrogen) atoms. The first-order valence-corrected chi connectivity index (χ1v) is 10.1. The highest BCUT2D eigenvalue weighted by atomic mass is 19.1. The average molecular weight is 417 g/mol. The fraction of sp³-hybridized carbons (Fsp3) is 0.208. The largest absolute Gasteiger partial charge is 0.348 e. The second-order valence-corrected chi connectivity index (χ2v) is 7.71. The smallest absolute Gasteiger partial charge is 0.287 e. The number of likely N-dealkylation sites (N-methyl/N-ethyl adjacent to an activating group) is 1. The van der Waals surface area contributed by atoms with Crippen LogP contribution in [0.5, 0.6) is 0 Å². The van der Waals surface area contributed by atoms with Crippen LogP contribution in [0.25, 0.3) is 27.9 Å². The lowest BCUT2D eigenvalue weighted by atomic mass is 9.99. The summed E-state index contributed by atoms with van der Waals surface area (Å²) in [5.41, 5.74) is 4.87. The van der Waals surface area contributed by atoms with Crippen molar-refractivity contribution in [2.45, 2.75) is 6.92 Å². The maximum absolute atomic E-state index is 13.7. The molecule has 3 heterocycles. The molecule has 0 bridgehead atoms. The molecule has 4 rings (SSSR count). The maximum Gasteiger partial charge on any atom is 0.287 e. The lowest BCUT2D eigenvalue weighted by molar-refractivity contribution is 0.0940. The van der Waals surface area contributed by atoms with Crippen molar-refractivity contribution in [2.75, 3.05) is 27.2 Å². The van der Waals surface area contributed by atoms with Crippen LogP contribution in [0.4, 0.5) is 4.39 Å². The Bertz CT molecular complexity index is 1250. The number of imidazole rings is 1. The number of pyridine rings is 2. The Hall–Kier alpha value is -3.58. The molecular formula is C24H24FN5O. The Kier molecular flexibility index (Phi) is 5.77. The van der Waals surface area contributed by atoms with Crippen LogP contribution < -0.4 is 5.32 Å². The molecule has 3 aromatic heterocycles. The van der Waals surface area contributed by atoms with Crippen molar-refractivity contribution in [1.82, 2.24) is 24.6 Å². The molecule has 0 unspecified atom stereocenters. The fourth-order valence-corrected chi connectivity index (χ4v) is 3.47. The van der Waals surface area contributed by atoms with Gasteiger partial charge in [0.15, 0.2) is 0 Å². The van der Waals surface area contributed by atoms with E-state index < -0.39 is 0 Å². The van der Waals surface area contributed by atoms with Crippen LogP contribution in [0.15, 0.2) is 61.1 Å². The van der Waals surface area contributed by atoms with Gasteiger partial charge in [-0.3, -0.25) is 14.2 Å². The van der Waals surface area contributed by atoms with Gasteiger partial charge in [0.2, 0.25) is 5.82 Å². The first-order valence-electron chi connectivity index (χ1n) is 10.1. The number of amides is 1. The van der Waals surface area contributed by atoms with E-state index >= 15 is 0 Å². The monoisotopic (exact) mass is 417 g/mol. The van der Waals surface area contributed by atoms with Crippen molar-refractivity contribution in [1.29, 1.82) is 0 Å². The van der Waals surface area contributed by atoms with E-state index in [9.17, 15) is 9.18 Å². The molecule has 7 heteroatoms. The molecule has 158 valence electrons. The number of carbonyl (C=O) groups is 1. The summed E-state index contributed by atoms with van der Waals surface area (Å²) >= 11 is 0. The molecule has 0 atom stereocenters. The number of aromatic nitrogens is 3. The van der Waals surface area contributed by atoms with Crippen molar-refractivity contribution < 1.29 is 9.18 Å². The number of fused-ring (bicyclic) bond motifs is 1. The van der Waals surface area contributed by atoms with E-state index in [-0.39, 0.29) is 11.7 Å². The van der Waals surface area contributed by atoms with Gasteiger partial charge in [-0.15, -0.1) is 0 Å². The number of nitrogens with one attached hydrogen (secondary N) is 1. The number of aryl methyl sites for hydroxylation is 1. The topological polar surface area (TPSA) is 62.5 Å². The Morgan fingerprint density at radius 2 is 1.97 bits per heavy atom. The molecule has 0 spiro atoms. The van der Waals surface area contributed by atoms with Crippen molar-refractivity contribution in [3.63, 3.8) is 0 Å². The quantitative estimate of drug-likeness (QED) is 0.518. The standard InChI is InChI=1S/C24H24FN5O/c1-16-13-18(6-7-21(16)25)22-20(5-4-9-26-22)17-8-11-30-19(14-17)15-28-23(30)24(31)27-10-12-29(2)3/h4-9,11,13-15H,10,12H2,1-3H3,(H,27,31). The number of hydrogen-bond acceptors (Lipinski definition) is 4. The maximum atomic E-state index is 13.7. The zero-order chi connectivity index (χ0) is 22.0. The molecule has 0 saturated heterocycles. The zero-order valence-electron chi connectivity index (χ0n) is 17.8. The molecule has 1 aromatic carbocycles. The SMILES string of the molecule is Cc1cc(-c2ncccc2-c2ccn3c(C(=O)NCCN(C)C)ncc3c2)ccc1F. The van der Waals surface area contributed by atoms with Crippen LogP contribution in [0.1, 0.15) is 16.2 Å². The van der Waals surface area contributed by atoms with Gasteiger partial charge in [-0.25, -0.2) is 9.37 Å². The number of carbonyl (C=O) groups excluding carboxylic acids is 1. The highest BCUT2D eigenvalue weighted by Gasteiger charge is 2.15. The van der Waals surface area contributed by atoms with E-state index in [4.69, 9.17) is 0 Å². The average Bonchev–Trinajstić information content (AvgIpc) is 3.19. The number of hydrogen-bond donors (Lipinski definition) is 1. The fourth-order valence-electron chi connectivity index (χ4n) is 3.47. The van der Waals surface area contributed by atoms with E-state index in [1.54, 1.807) is 35.9 Å². The van der Waals surface area contributed by atoms with Gasteiger partial charge in [0.25, 0.3) is 5.91 Å². The van der Waals surface area contributed by atoms with Gasteiger partial charge >= 0.3 is 0 Å². The van der Waals surface area contributed by atoms with Crippen molar-refractivity contribution in [3.8, 4) is 22.4 Å². The summed E-state index contributed by atoms with van der Waals surface area (Å²) in [6, 6.07) is 12.8. The highest BCUT2D eigenvalue weighted by Crippen LogP contribution is 2.31. The summed E-state index contributed by atoms with van der Waals surface area (Å²) in [4.78, 5) is 23.4. The second kappa shape index (κ2) is 8.65. The van der Waals surface area contributed by atoms with Crippen LogP contribution >= 0.6 is 0 Å². The predicted octanol–water partition coefficient (Wildman–Crippen LogP) is 3.80. The number of nitrogens with zero attached hydrogens (tertiary/aromatic N) is 4. The molecule has 4 aromatic rings. The van der Waals surface area contributed by atoms with Gasteiger partial charge in [-0.1, -0.05) is 6.07 Å². The third kappa shape index (κ3) is 4.32. The molecule has 0 aliphatic rings. The molecule has 0 fully saturated rings. The van der Waals surface area contributed by atoms with Gasteiger partial charge in [0.1, 0.15) is 5.82 Å². The first-order chi connectivity index (χ1) is 14.9. The molecule has 0 aliphatic heterocycles. The molecular weight excluding hydrogens is 393 g/mol. The lowest BCUT2D eigenvalue weighted by Crippen LogP contribution is -2.32. The minimum atomic E-state index is -0.238. The molecule has 1 N–H and O–H groups in total. The zero-order valence-corrected chi connectivity index (χ0v) is 17.8. The van der Waals surface area contributed by atoms with Crippen LogP contribution in [-0.2, 0) is 0 Å². The second-order valence-electron chi connectivity index (χ2n) is 7.71. The summed E-state index contributed by atoms with van der Waals surface area (Å²) in [5.74, 6) is -0.0994. The minimum absolute atomic E-state index is 0.210. The van der Waals surface area contributed by atoms with Gasteiger partial charge in [0, 0.05) is 36.6 Å². The van der Waals surface area contributed by atoms with Gasteiger partial charge in [-0.2, -0.15) is 0 Å². The Labute approximate surface area is 180 Å². The molecule has 0 saturated carbocycles. The van der Waals surface area contributed by atoms with E-state index in [2.05, 4.69) is 15.3 Å². The first kappa shape index (κ1) is 20.7. The number of halogens is 1. The van der Waals surface area contributed by atoms with E-state index in [1.165, 1.54) is 6.07 Å². The minimum Gasteiger partial charge on any atom is -0.348 e. The van der Waals surface area contributed by atoms with Crippen molar-refractivity contribution in [3.05, 3.63) is 78.3 Å². The van der Waals surface area contributed by atoms with Crippen LogP contribution in [-0.4, -0.2) is 52.4 Å². The van der Waals surface area contributed by atoms with E-state index in [0.717, 1.165) is 34.4 Å². The van der Waals surface area contributed by atoms with Gasteiger partial charge in [-0.05, 0) is 68.5 Å². The predicted molar refractivity (Wildman–Crippen MR) is 119 cm³/mol. The molecule has 0 radical (unpaired) electrons. The highest BCUT2D eigenvalue weighted by molar-refractivity contribution is 5.92. The Morgan fingerprint density at radius 1 is 1.13 bits per heavy atom. The lowest BCUT2D eigenvalue weighted by Gasteiger charge is -2.11. The Balaban J connectivity index is 1.67. The third-order valence-corrected chi connectivity index (χ3v) is 5.13. The number of rotatable bonds is 6. The summed E-state index contributed by atoms with van der Waals surface area (Å²) in [7, 11) is 3.91. The van der Waals surface area contributed by atoms with Gasteiger partial charge in [0.05, 0.1) is 17.4 Å². The van der Waals surface area contributed by atoms with Gasteiger partial charge < -0.3 is 10.2 Å². The van der Waals surface area contributed by atoms with Crippen LogP contribution in [0.2, 0.25) is 0 Å². The molecule has 6 nitrogen and oxygen atoms in total. The van der Waals surface area contributed by atoms with Crippen molar-refractivity contribution >= 4 is 11.4 Å². The normalized spacial score (nSPS) is 11.3. The summed E-state index contributed by atoms with van der Waals surface area (Å²) < 4.78 is 15.5. The van der Waals surface area contributed by atoms with E-state index in [1.807, 2.05) is 49.5 Å².